The van der Waals surface area contributed by atoms with Crippen molar-refractivity contribution in [3.8, 4) is 0 Å². The molecule has 0 aromatic heterocycles. The van der Waals surface area contributed by atoms with Gasteiger partial charge in [-0.15, -0.1) is 0 Å². The molecule has 1 saturated heterocycles. The summed E-state index contributed by atoms with van der Waals surface area (Å²) < 4.78 is 26.3. The van der Waals surface area contributed by atoms with E-state index in [1.807, 2.05) is 13.8 Å². The van der Waals surface area contributed by atoms with E-state index in [0.29, 0.717) is 19.3 Å². The molecule has 2 nitrogen and oxygen atoms in total. The maximum atomic E-state index is 13.2. The van der Waals surface area contributed by atoms with Crippen molar-refractivity contribution in [2.24, 2.45) is 0 Å². The van der Waals surface area contributed by atoms with Crippen LogP contribution in [0, 0.1) is 0 Å². The highest BCUT2D eigenvalue weighted by Crippen LogP contribution is 2.45. The summed E-state index contributed by atoms with van der Waals surface area (Å²) >= 11 is 0. The van der Waals surface area contributed by atoms with Crippen molar-refractivity contribution in [1.82, 2.24) is 4.90 Å². The normalized spacial score (nSPS) is 29.2. The minimum atomic E-state index is -2.56. The van der Waals surface area contributed by atoms with Gasteiger partial charge in [-0.3, -0.25) is 9.69 Å². The van der Waals surface area contributed by atoms with Crippen LogP contribution >= 0.6 is 0 Å². The van der Waals surface area contributed by atoms with Crippen LogP contribution in [0.1, 0.15) is 46.0 Å². The number of ketones is 1. The van der Waals surface area contributed by atoms with Crippen LogP contribution in [0.15, 0.2) is 0 Å². The lowest BCUT2D eigenvalue weighted by atomic mass is 9.77. The van der Waals surface area contributed by atoms with Crippen molar-refractivity contribution in [3.63, 3.8) is 0 Å². The molecule has 0 unspecified atom stereocenters. The SMILES string of the molecule is CC(C)N1CCC(=O)C12CCC(F)(F)CC2. The Balaban J connectivity index is 2.19. The Morgan fingerprint density at radius 3 is 2.25 bits per heavy atom. The molecule has 0 amide bonds. The first-order valence-electron chi connectivity index (χ1n) is 6.05. The summed E-state index contributed by atoms with van der Waals surface area (Å²) in [5, 5.41) is 0. The second kappa shape index (κ2) is 3.76. The first kappa shape index (κ1) is 12.0. The highest BCUT2D eigenvalue weighted by atomic mass is 19.3. The van der Waals surface area contributed by atoms with Gasteiger partial charge in [-0.2, -0.15) is 0 Å². The van der Waals surface area contributed by atoms with Crippen LogP contribution in [0.3, 0.4) is 0 Å². The molecule has 2 aliphatic rings. The van der Waals surface area contributed by atoms with Gasteiger partial charge < -0.3 is 0 Å². The molecule has 0 aromatic rings. The quantitative estimate of drug-likeness (QED) is 0.691. The zero-order chi connectivity index (χ0) is 12.0. The van der Waals surface area contributed by atoms with E-state index in [2.05, 4.69) is 4.90 Å². The molecular formula is C12H19F2NO. The molecule has 1 saturated carbocycles. The molecule has 16 heavy (non-hydrogen) atoms. The molecule has 1 aliphatic carbocycles. The van der Waals surface area contributed by atoms with Gasteiger partial charge >= 0.3 is 0 Å². The summed E-state index contributed by atoms with van der Waals surface area (Å²) in [6.45, 7) is 4.81. The van der Waals surface area contributed by atoms with Gasteiger partial charge in [-0.05, 0) is 26.7 Å². The van der Waals surface area contributed by atoms with Gasteiger partial charge in [0.05, 0.1) is 5.54 Å². The number of rotatable bonds is 1. The number of carbonyl (C=O) groups excluding carboxylic acids is 1. The van der Waals surface area contributed by atoms with E-state index < -0.39 is 11.5 Å². The molecule has 92 valence electrons. The van der Waals surface area contributed by atoms with Gasteiger partial charge in [-0.25, -0.2) is 8.78 Å². The first-order valence-corrected chi connectivity index (χ1v) is 6.05. The van der Waals surface area contributed by atoms with E-state index >= 15 is 0 Å². The number of nitrogens with zero attached hydrogens (tertiary/aromatic N) is 1. The van der Waals surface area contributed by atoms with Crippen molar-refractivity contribution in [2.75, 3.05) is 6.54 Å². The lowest BCUT2D eigenvalue weighted by Gasteiger charge is -2.44. The molecule has 2 rings (SSSR count). The van der Waals surface area contributed by atoms with Crippen molar-refractivity contribution in [2.45, 2.75) is 63.5 Å². The van der Waals surface area contributed by atoms with E-state index in [-0.39, 0.29) is 24.7 Å². The number of carbonyl (C=O) groups is 1. The maximum Gasteiger partial charge on any atom is 0.248 e. The zero-order valence-corrected chi connectivity index (χ0v) is 9.93. The van der Waals surface area contributed by atoms with Crippen molar-refractivity contribution >= 4 is 5.78 Å². The number of hydrogen-bond donors (Lipinski definition) is 0. The molecule has 0 N–H and O–H groups in total. The van der Waals surface area contributed by atoms with Gasteiger partial charge in [0.1, 0.15) is 0 Å². The predicted octanol–water partition coefficient (Wildman–Crippen LogP) is 2.62. The molecule has 0 bridgehead atoms. The fourth-order valence-electron chi connectivity index (χ4n) is 3.18. The summed E-state index contributed by atoms with van der Waals surface area (Å²) in [7, 11) is 0. The zero-order valence-electron chi connectivity index (χ0n) is 9.93. The van der Waals surface area contributed by atoms with Crippen LogP contribution < -0.4 is 0 Å². The van der Waals surface area contributed by atoms with E-state index in [0.717, 1.165) is 6.54 Å². The van der Waals surface area contributed by atoms with E-state index in [1.165, 1.54) is 0 Å². The number of likely N-dealkylation sites (tertiary alicyclic amines) is 1. The van der Waals surface area contributed by atoms with Crippen LogP contribution in [0.5, 0.6) is 0 Å². The van der Waals surface area contributed by atoms with Gasteiger partial charge in [0.15, 0.2) is 5.78 Å². The molecule has 0 radical (unpaired) electrons. The lowest BCUT2D eigenvalue weighted by Crippen LogP contribution is -2.54. The summed E-state index contributed by atoms with van der Waals surface area (Å²) in [5.41, 5.74) is -0.560. The highest BCUT2D eigenvalue weighted by Gasteiger charge is 2.53. The second-order valence-corrected chi connectivity index (χ2v) is 5.35. The molecule has 1 aliphatic heterocycles. The molecule has 0 aromatic carbocycles. The van der Waals surface area contributed by atoms with Crippen LogP contribution in [0.2, 0.25) is 0 Å². The van der Waals surface area contributed by atoms with Crippen molar-refractivity contribution < 1.29 is 13.6 Å². The highest BCUT2D eigenvalue weighted by molar-refractivity contribution is 5.90. The minimum absolute atomic E-state index is 0.137. The first-order chi connectivity index (χ1) is 7.37. The number of Topliss-reactive ketones (excluding diaryl/α,β-unsaturated/α-hetero) is 1. The Labute approximate surface area is 95.0 Å². The Bertz CT molecular complexity index is 291. The lowest BCUT2D eigenvalue weighted by molar-refractivity contribution is -0.134. The van der Waals surface area contributed by atoms with Crippen LogP contribution in [0.4, 0.5) is 8.78 Å². The summed E-state index contributed by atoms with van der Waals surface area (Å²) in [5.74, 6) is -2.38. The van der Waals surface area contributed by atoms with E-state index in [9.17, 15) is 13.6 Å². The number of halogens is 2. The second-order valence-electron chi connectivity index (χ2n) is 5.35. The fraction of sp³-hybridized carbons (Fsp3) is 0.917. The van der Waals surface area contributed by atoms with Crippen LogP contribution in [-0.2, 0) is 4.79 Å². The van der Waals surface area contributed by atoms with Gasteiger partial charge in [-0.1, -0.05) is 0 Å². The molecule has 2 fully saturated rings. The number of hydrogen-bond acceptors (Lipinski definition) is 2. The Morgan fingerprint density at radius 2 is 1.75 bits per heavy atom. The Kier molecular flexibility index (Phi) is 2.81. The van der Waals surface area contributed by atoms with Crippen molar-refractivity contribution in [3.05, 3.63) is 0 Å². The van der Waals surface area contributed by atoms with Crippen LogP contribution in [0.25, 0.3) is 0 Å². The summed E-state index contributed by atoms with van der Waals surface area (Å²) in [4.78, 5) is 14.1. The summed E-state index contributed by atoms with van der Waals surface area (Å²) in [6.07, 6.45) is 0.918. The fourth-order valence-corrected chi connectivity index (χ4v) is 3.18. The monoisotopic (exact) mass is 231 g/mol. The topological polar surface area (TPSA) is 20.3 Å². The third-order valence-electron chi connectivity index (χ3n) is 4.08. The summed E-state index contributed by atoms with van der Waals surface area (Å²) in [6, 6.07) is 0.262. The molecule has 0 atom stereocenters. The van der Waals surface area contributed by atoms with Crippen LogP contribution in [-0.4, -0.2) is 34.7 Å². The predicted molar refractivity (Wildman–Crippen MR) is 57.6 cm³/mol. The van der Waals surface area contributed by atoms with Gasteiger partial charge in [0.2, 0.25) is 5.92 Å². The Morgan fingerprint density at radius 1 is 1.19 bits per heavy atom. The average Bonchev–Trinajstić information content (AvgIpc) is 2.50. The average molecular weight is 231 g/mol. The minimum Gasteiger partial charge on any atom is -0.298 e. The Hall–Kier alpha value is -0.510. The third-order valence-corrected chi connectivity index (χ3v) is 4.08. The third kappa shape index (κ3) is 1.77. The smallest absolute Gasteiger partial charge is 0.248 e. The molecule has 1 heterocycles. The van der Waals surface area contributed by atoms with Gasteiger partial charge in [0.25, 0.3) is 0 Å². The van der Waals surface area contributed by atoms with Crippen molar-refractivity contribution in [1.29, 1.82) is 0 Å². The number of alkyl halides is 2. The van der Waals surface area contributed by atoms with E-state index in [1.54, 1.807) is 0 Å². The van der Waals surface area contributed by atoms with Gasteiger partial charge in [0, 0.05) is 31.8 Å². The standard InChI is InChI=1S/C12H19F2NO/c1-9(2)15-8-3-10(16)11(15)4-6-12(13,14)7-5-11/h9H,3-8H2,1-2H3. The molecule has 4 heteroatoms. The molecule has 1 spiro atoms. The largest absolute Gasteiger partial charge is 0.298 e. The van der Waals surface area contributed by atoms with E-state index in [4.69, 9.17) is 0 Å². The molecular weight excluding hydrogens is 212 g/mol. The maximum absolute atomic E-state index is 13.2.